The van der Waals surface area contributed by atoms with Gasteiger partial charge in [0.2, 0.25) is 5.91 Å². The molecule has 0 atom stereocenters. The summed E-state index contributed by atoms with van der Waals surface area (Å²) in [4.78, 5) is 51.2. The summed E-state index contributed by atoms with van der Waals surface area (Å²) in [5.74, 6) is -0.158. The van der Waals surface area contributed by atoms with E-state index in [4.69, 9.17) is 11.6 Å². The number of fused-ring (bicyclic) bond motifs is 1. The molecule has 3 aromatic heterocycles. The van der Waals surface area contributed by atoms with Gasteiger partial charge in [-0.3, -0.25) is 18.7 Å². The van der Waals surface area contributed by atoms with Crippen molar-refractivity contribution in [1.82, 2.24) is 24.1 Å². The van der Waals surface area contributed by atoms with Gasteiger partial charge in [0, 0.05) is 28.7 Å². The van der Waals surface area contributed by atoms with Crippen molar-refractivity contribution in [2.24, 2.45) is 0 Å². The normalized spacial score (nSPS) is 11.1. The van der Waals surface area contributed by atoms with Gasteiger partial charge in [-0.25, -0.2) is 19.7 Å². The number of amides is 1. The highest BCUT2D eigenvalue weighted by Crippen LogP contribution is 2.19. The van der Waals surface area contributed by atoms with Crippen molar-refractivity contribution in [3.8, 4) is 11.4 Å². The van der Waals surface area contributed by atoms with E-state index in [2.05, 4.69) is 20.3 Å². The van der Waals surface area contributed by atoms with Gasteiger partial charge in [-0.05, 0) is 38.1 Å². The number of hydrogen-bond donors (Lipinski definition) is 1. The first-order valence-electron chi connectivity index (χ1n) is 9.35. The number of benzene rings is 1. The van der Waals surface area contributed by atoms with Gasteiger partial charge in [0.05, 0.1) is 5.69 Å². The molecule has 0 bridgehead atoms. The lowest BCUT2D eigenvalue weighted by atomic mass is 10.2. The van der Waals surface area contributed by atoms with Crippen LogP contribution in [-0.2, 0) is 17.9 Å². The molecule has 0 radical (unpaired) electrons. The standard InChI is InChI=1S/C20H17ClN6O3S/c1-3-26-17-14(8-22-16(25-17)12-4-6-13(21)7-5-12)18(29)27(20(26)30)9-15(28)24-19-23-11(2)10-31-19/h4-8,10H,3,9H2,1-2H3,(H,23,24,28). The maximum atomic E-state index is 13.0. The van der Waals surface area contributed by atoms with E-state index in [1.54, 1.807) is 43.5 Å². The molecule has 0 spiro atoms. The van der Waals surface area contributed by atoms with Gasteiger partial charge in [-0.2, -0.15) is 0 Å². The molecule has 4 aromatic rings. The Morgan fingerprint density at radius 1 is 1.16 bits per heavy atom. The summed E-state index contributed by atoms with van der Waals surface area (Å²) < 4.78 is 2.23. The topological polar surface area (TPSA) is 112 Å². The molecule has 0 aliphatic heterocycles. The van der Waals surface area contributed by atoms with E-state index in [9.17, 15) is 14.4 Å². The molecule has 0 aliphatic carbocycles. The highest BCUT2D eigenvalue weighted by atomic mass is 35.5. The van der Waals surface area contributed by atoms with Crippen molar-refractivity contribution in [2.45, 2.75) is 26.9 Å². The van der Waals surface area contributed by atoms with E-state index in [-0.39, 0.29) is 17.6 Å². The molecule has 0 saturated carbocycles. The maximum Gasteiger partial charge on any atom is 0.333 e. The lowest BCUT2D eigenvalue weighted by Gasteiger charge is -2.12. The summed E-state index contributed by atoms with van der Waals surface area (Å²) in [6.45, 7) is 3.39. The molecule has 4 rings (SSSR count). The van der Waals surface area contributed by atoms with Gasteiger partial charge in [0.1, 0.15) is 11.9 Å². The van der Waals surface area contributed by atoms with E-state index in [0.717, 1.165) is 10.3 Å². The first kappa shape index (κ1) is 20.9. The van der Waals surface area contributed by atoms with Gasteiger partial charge in [-0.15, -0.1) is 11.3 Å². The zero-order chi connectivity index (χ0) is 22.1. The van der Waals surface area contributed by atoms with Crippen LogP contribution in [0.15, 0.2) is 45.4 Å². The average Bonchev–Trinajstić information content (AvgIpc) is 3.16. The fraction of sp³-hybridized carbons (Fsp3) is 0.200. The van der Waals surface area contributed by atoms with Gasteiger partial charge in [0.15, 0.2) is 16.6 Å². The second kappa shape index (κ2) is 8.40. The first-order chi connectivity index (χ1) is 14.9. The summed E-state index contributed by atoms with van der Waals surface area (Å²) in [6.07, 6.45) is 1.37. The third kappa shape index (κ3) is 4.12. The highest BCUT2D eigenvalue weighted by Gasteiger charge is 2.18. The molecule has 0 fully saturated rings. The molecule has 3 heterocycles. The van der Waals surface area contributed by atoms with Crippen LogP contribution in [0, 0.1) is 6.92 Å². The molecular formula is C20H17ClN6O3S. The number of carbonyl (C=O) groups excluding carboxylic acids is 1. The van der Waals surface area contributed by atoms with Crippen LogP contribution in [0.25, 0.3) is 22.4 Å². The second-order valence-electron chi connectivity index (χ2n) is 6.70. The van der Waals surface area contributed by atoms with E-state index in [1.165, 1.54) is 22.1 Å². The maximum absolute atomic E-state index is 13.0. The number of nitrogens with zero attached hydrogens (tertiary/aromatic N) is 5. The summed E-state index contributed by atoms with van der Waals surface area (Å²) in [5.41, 5.74) is 0.433. The van der Waals surface area contributed by atoms with Crippen LogP contribution >= 0.6 is 22.9 Å². The minimum Gasteiger partial charge on any atom is -0.300 e. The van der Waals surface area contributed by atoms with Crippen LogP contribution in [0.5, 0.6) is 0 Å². The molecule has 31 heavy (non-hydrogen) atoms. The number of aryl methyl sites for hydroxylation is 2. The van der Waals surface area contributed by atoms with Crippen molar-refractivity contribution in [2.75, 3.05) is 5.32 Å². The Balaban J connectivity index is 1.76. The number of thiazole rings is 1. The monoisotopic (exact) mass is 456 g/mol. The lowest BCUT2D eigenvalue weighted by Crippen LogP contribution is -2.42. The van der Waals surface area contributed by atoms with Crippen LogP contribution in [0.2, 0.25) is 5.02 Å². The Morgan fingerprint density at radius 2 is 1.90 bits per heavy atom. The summed E-state index contributed by atoms with van der Waals surface area (Å²) in [5, 5.41) is 5.52. The molecule has 9 nitrogen and oxygen atoms in total. The Morgan fingerprint density at radius 3 is 2.55 bits per heavy atom. The molecule has 0 aliphatic rings. The van der Waals surface area contributed by atoms with E-state index < -0.39 is 23.7 Å². The van der Waals surface area contributed by atoms with Crippen molar-refractivity contribution < 1.29 is 4.79 Å². The second-order valence-corrected chi connectivity index (χ2v) is 7.99. The molecule has 1 amide bonds. The van der Waals surface area contributed by atoms with Crippen LogP contribution in [-0.4, -0.2) is 30.0 Å². The lowest BCUT2D eigenvalue weighted by molar-refractivity contribution is -0.116. The van der Waals surface area contributed by atoms with Gasteiger partial charge in [-0.1, -0.05) is 11.6 Å². The fourth-order valence-electron chi connectivity index (χ4n) is 3.07. The predicted molar refractivity (Wildman–Crippen MR) is 120 cm³/mol. The van der Waals surface area contributed by atoms with Crippen molar-refractivity contribution in [3.05, 3.63) is 67.4 Å². The van der Waals surface area contributed by atoms with Crippen LogP contribution in [0.3, 0.4) is 0 Å². The quantitative estimate of drug-likeness (QED) is 0.494. The van der Waals surface area contributed by atoms with E-state index in [1.807, 2.05) is 0 Å². The number of carbonyl (C=O) groups is 1. The van der Waals surface area contributed by atoms with E-state index >= 15 is 0 Å². The first-order valence-corrected chi connectivity index (χ1v) is 10.6. The molecule has 1 N–H and O–H groups in total. The SMILES string of the molecule is CCn1c(=O)n(CC(=O)Nc2nc(C)cs2)c(=O)c2cnc(-c3ccc(Cl)cc3)nc21. The molecule has 0 unspecified atom stereocenters. The third-order valence-electron chi connectivity index (χ3n) is 4.55. The fourth-order valence-corrected chi connectivity index (χ4v) is 3.90. The minimum atomic E-state index is -0.627. The van der Waals surface area contributed by atoms with Crippen LogP contribution in [0.1, 0.15) is 12.6 Å². The zero-order valence-corrected chi connectivity index (χ0v) is 18.2. The van der Waals surface area contributed by atoms with Gasteiger partial charge >= 0.3 is 5.69 Å². The Kier molecular flexibility index (Phi) is 5.66. The summed E-state index contributed by atoms with van der Waals surface area (Å²) in [6, 6.07) is 6.92. The smallest absolute Gasteiger partial charge is 0.300 e. The number of halogens is 1. The highest BCUT2D eigenvalue weighted by molar-refractivity contribution is 7.13. The molecule has 158 valence electrons. The summed E-state index contributed by atoms with van der Waals surface area (Å²) in [7, 11) is 0. The zero-order valence-electron chi connectivity index (χ0n) is 16.6. The van der Waals surface area contributed by atoms with Crippen LogP contribution in [0.4, 0.5) is 5.13 Å². The largest absolute Gasteiger partial charge is 0.333 e. The Labute approximate surface area is 185 Å². The molecular weight excluding hydrogens is 440 g/mol. The molecule has 0 saturated heterocycles. The minimum absolute atomic E-state index is 0.150. The third-order valence-corrected chi connectivity index (χ3v) is 5.67. The predicted octanol–water partition coefficient (Wildman–Crippen LogP) is 2.70. The molecule has 1 aromatic carbocycles. The number of hydrogen-bond acceptors (Lipinski definition) is 7. The molecule has 11 heteroatoms. The van der Waals surface area contributed by atoms with Crippen molar-refractivity contribution in [3.63, 3.8) is 0 Å². The van der Waals surface area contributed by atoms with Gasteiger partial charge < -0.3 is 5.32 Å². The number of aromatic nitrogens is 5. The van der Waals surface area contributed by atoms with E-state index in [0.29, 0.717) is 21.5 Å². The van der Waals surface area contributed by atoms with Gasteiger partial charge in [0.25, 0.3) is 5.56 Å². The number of nitrogens with one attached hydrogen (secondary N) is 1. The average molecular weight is 457 g/mol. The van der Waals surface area contributed by atoms with Crippen molar-refractivity contribution >= 4 is 45.0 Å². The van der Waals surface area contributed by atoms with Crippen molar-refractivity contribution in [1.29, 1.82) is 0 Å². The number of rotatable bonds is 5. The Bertz CT molecular complexity index is 1410. The van der Waals surface area contributed by atoms with Crippen LogP contribution < -0.4 is 16.6 Å². The Hall–Kier alpha value is -3.37. The number of anilines is 1. The summed E-state index contributed by atoms with van der Waals surface area (Å²) >= 11 is 7.19.